The number of urea groups is 1. The number of para-hydroxylation sites is 1. The Kier molecular flexibility index (Phi) is 6.58. The molecule has 0 unspecified atom stereocenters. The van der Waals surface area contributed by atoms with E-state index >= 15 is 0 Å². The molecule has 178 valence electrons. The van der Waals surface area contributed by atoms with Crippen LogP contribution in [0, 0.1) is 0 Å². The normalized spacial score (nSPS) is 14.2. The average molecular weight is 462 g/mol. The fourth-order valence-corrected chi connectivity index (χ4v) is 4.00. The van der Waals surface area contributed by atoms with E-state index in [9.17, 15) is 14.4 Å². The Morgan fingerprint density at radius 1 is 0.912 bits per heavy atom. The van der Waals surface area contributed by atoms with E-state index in [0.717, 1.165) is 16.5 Å². The molecule has 2 aromatic carbocycles. The summed E-state index contributed by atoms with van der Waals surface area (Å²) < 4.78 is 0. The second-order valence-electron chi connectivity index (χ2n) is 9.61. The van der Waals surface area contributed by atoms with Crippen LogP contribution in [-0.2, 0) is 6.54 Å². The molecule has 4 amide bonds. The third-order valence-electron chi connectivity index (χ3n) is 5.74. The number of hydrogen-bond donors (Lipinski definition) is 3. The highest BCUT2D eigenvalue weighted by atomic mass is 16.2. The molecule has 1 aliphatic heterocycles. The van der Waals surface area contributed by atoms with Gasteiger partial charge in [-0.05, 0) is 50.6 Å². The highest BCUT2D eigenvalue weighted by molar-refractivity contribution is 5.98. The zero-order valence-electron chi connectivity index (χ0n) is 19.9. The second kappa shape index (κ2) is 9.59. The number of aromatic amines is 1. The lowest BCUT2D eigenvalue weighted by Gasteiger charge is -2.34. The van der Waals surface area contributed by atoms with Gasteiger partial charge in [-0.1, -0.05) is 30.3 Å². The van der Waals surface area contributed by atoms with Gasteiger partial charge in [0.2, 0.25) is 0 Å². The van der Waals surface area contributed by atoms with E-state index in [0.29, 0.717) is 44.0 Å². The molecule has 1 saturated heterocycles. The zero-order valence-corrected chi connectivity index (χ0v) is 19.9. The van der Waals surface area contributed by atoms with Crippen LogP contribution in [0.25, 0.3) is 10.9 Å². The lowest BCUT2D eigenvalue weighted by Crippen LogP contribution is -2.53. The van der Waals surface area contributed by atoms with Gasteiger partial charge in [0.1, 0.15) is 5.69 Å². The number of nitrogens with zero attached hydrogens (tertiary/aromatic N) is 2. The molecule has 8 nitrogen and oxygen atoms in total. The maximum atomic E-state index is 12.9. The standard InChI is InChI=1S/C26H31N5O3/c1-26(2,3)29-23(32)20-9-6-7-18(15-20)17-27-25(34)31-13-11-30(12-14-31)24(33)22-16-19-8-4-5-10-21(19)28-22/h4-10,15-16,28H,11-14,17H2,1-3H3,(H,27,34)(H,29,32). The number of benzene rings is 2. The van der Waals surface area contributed by atoms with Gasteiger partial charge in [-0.15, -0.1) is 0 Å². The molecule has 0 spiro atoms. The summed E-state index contributed by atoms with van der Waals surface area (Å²) in [5, 5.41) is 6.87. The molecule has 0 saturated carbocycles. The first-order valence-corrected chi connectivity index (χ1v) is 11.5. The molecule has 1 fully saturated rings. The number of amides is 4. The van der Waals surface area contributed by atoms with Crippen molar-refractivity contribution in [1.82, 2.24) is 25.4 Å². The topological polar surface area (TPSA) is 97.5 Å². The molecule has 0 radical (unpaired) electrons. The van der Waals surface area contributed by atoms with Gasteiger partial charge in [0.15, 0.2) is 0 Å². The number of piperazine rings is 1. The fourth-order valence-electron chi connectivity index (χ4n) is 4.00. The third kappa shape index (κ3) is 5.57. The van der Waals surface area contributed by atoms with E-state index in [1.54, 1.807) is 21.9 Å². The first-order valence-electron chi connectivity index (χ1n) is 11.5. The highest BCUT2D eigenvalue weighted by Gasteiger charge is 2.25. The Hall–Kier alpha value is -3.81. The smallest absolute Gasteiger partial charge is 0.317 e. The average Bonchev–Trinajstić information content (AvgIpc) is 3.26. The van der Waals surface area contributed by atoms with E-state index in [2.05, 4.69) is 15.6 Å². The number of aromatic nitrogens is 1. The minimum Gasteiger partial charge on any atom is -0.351 e. The number of carbonyl (C=O) groups excluding carboxylic acids is 3. The van der Waals surface area contributed by atoms with E-state index < -0.39 is 0 Å². The summed E-state index contributed by atoms with van der Waals surface area (Å²) in [6.07, 6.45) is 0. The number of hydrogen-bond acceptors (Lipinski definition) is 3. The first-order chi connectivity index (χ1) is 16.2. The van der Waals surface area contributed by atoms with Gasteiger partial charge in [-0.2, -0.15) is 0 Å². The number of H-pyrrole nitrogens is 1. The summed E-state index contributed by atoms with van der Waals surface area (Å²) in [4.78, 5) is 44.6. The molecular weight excluding hydrogens is 430 g/mol. The van der Waals surface area contributed by atoms with Gasteiger partial charge in [0.25, 0.3) is 11.8 Å². The van der Waals surface area contributed by atoms with Crippen molar-refractivity contribution in [3.05, 3.63) is 71.4 Å². The maximum absolute atomic E-state index is 12.9. The van der Waals surface area contributed by atoms with Crippen LogP contribution in [0.1, 0.15) is 47.2 Å². The van der Waals surface area contributed by atoms with Crippen LogP contribution in [0.2, 0.25) is 0 Å². The Labute approximate surface area is 199 Å². The predicted molar refractivity (Wildman–Crippen MR) is 132 cm³/mol. The van der Waals surface area contributed by atoms with Crippen LogP contribution < -0.4 is 10.6 Å². The fraction of sp³-hybridized carbons (Fsp3) is 0.346. The minimum atomic E-state index is -0.320. The van der Waals surface area contributed by atoms with E-state index in [4.69, 9.17) is 0 Å². The van der Waals surface area contributed by atoms with Crippen LogP contribution in [0.3, 0.4) is 0 Å². The van der Waals surface area contributed by atoms with Gasteiger partial charge < -0.3 is 25.4 Å². The Morgan fingerprint density at radius 2 is 1.62 bits per heavy atom. The lowest BCUT2D eigenvalue weighted by atomic mass is 10.1. The lowest BCUT2D eigenvalue weighted by molar-refractivity contribution is 0.0660. The molecule has 4 rings (SSSR count). The molecule has 1 aliphatic rings. The van der Waals surface area contributed by atoms with Gasteiger partial charge >= 0.3 is 6.03 Å². The van der Waals surface area contributed by atoms with Gasteiger partial charge in [0, 0.05) is 54.7 Å². The van der Waals surface area contributed by atoms with Crippen molar-refractivity contribution in [2.24, 2.45) is 0 Å². The molecule has 0 bridgehead atoms. The Morgan fingerprint density at radius 3 is 2.32 bits per heavy atom. The van der Waals surface area contributed by atoms with Gasteiger partial charge in [0.05, 0.1) is 0 Å². The molecule has 8 heteroatoms. The van der Waals surface area contributed by atoms with Crippen LogP contribution >= 0.6 is 0 Å². The molecule has 1 aromatic heterocycles. The Bertz CT molecular complexity index is 1170. The Balaban J connectivity index is 1.28. The number of fused-ring (bicyclic) bond motifs is 1. The van der Waals surface area contributed by atoms with Crippen molar-refractivity contribution in [1.29, 1.82) is 0 Å². The van der Waals surface area contributed by atoms with Crippen LogP contribution in [-0.4, -0.2) is 64.3 Å². The molecule has 34 heavy (non-hydrogen) atoms. The van der Waals surface area contributed by atoms with Gasteiger partial charge in [-0.25, -0.2) is 4.79 Å². The number of carbonyl (C=O) groups is 3. The van der Waals surface area contributed by atoms with Crippen LogP contribution in [0.15, 0.2) is 54.6 Å². The van der Waals surface area contributed by atoms with Crippen molar-refractivity contribution in [2.75, 3.05) is 26.2 Å². The van der Waals surface area contributed by atoms with E-state index in [-0.39, 0.29) is 23.4 Å². The molecule has 0 atom stereocenters. The van der Waals surface area contributed by atoms with E-state index in [1.165, 1.54) is 0 Å². The summed E-state index contributed by atoms with van der Waals surface area (Å²) in [5.41, 5.74) is 2.59. The van der Waals surface area contributed by atoms with Crippen molar-refractivity contribution in [3.63, 3.8) is 0 Å². The summed E-state index contributed by atoms with van der Waals surface area (Å²) >= 11 is 0. The summed E-state index contributed by atoms with van der Waals surface area (Å²) in [7, 11) is 0. The van der Waals surface area contributed by atoms with Crippen molar-refractivity contribution < 1.29 is 14.4 Å². The molecule has 2 heterocycles. The minimum absolute atomic E-state index is 0.0541. The molecule has 3 aromatic rings. The van der Waals surface area contributed by atoms with Gasteiger partial charge in [-0.3, -0.25) is 9.59 Å². The highest BCUT2D eigenvalue weighted by Crippen LogP contribution is 2.17. The largest absolute Gasteiger partial charge is 0.351 e. The monoisotopic (exact) mass is 461 g/mol. The second-order valence-corrected chi connectivity index (χ2v) is 9.61. The van der Waals surface area contributed by atoms with Crippen molar-refractivity contribution >= 4 is 28.7 Å². The van der Waals surface area contributed by atoms with Crippen LogP contribution in [0.5, 0.6) is 0 Å². The molecular formula is C26H31N5O3. The van der Waals surface area contributed by atoms with Crippen molar-refractivity contribution in [3.8, 4) is 0 Å². The number of rotatable bonds is 4. The number of nitrogens with one attached hydrogen (secondary N) is 3. The molecule has 3 N–H and O–H groups in total. The first kappa shape index (κ1) is 23.4. The van der Waals surface area contributed by atoms with E-state index in [1.807, 2.05) is 63.2 Å². The quantitative estimate of drug-likeness (QED) is 0.556. The zero-order chi connectivity index (χ0) is 24.3. The third-order valence-corrected chi connectivity index (χ3v) is 5.74. The summed E-state index contributed by atoms with van der Waals surface area (Å²) in [6.45, 7) is 8.00. The SMILES string of the molecule is CC(C)(C)NC(=O)c1cccc(CNC(=O)N2CCN(C(=O)c3cc4ccccc4[nH]3)CC2)c1. The van der Waals surface area contributed by atoms with Crippen LogP contribution in [0.4, 0.5) is 4.79 Å². The predicted octanol–water partition coefficient (Wildman–Crippen LogP) is 3.36. The summed E-state index contributed by atoms with van der Waals surface area (Å²) in [6, 6.07) is 16.7. The van der Waals surface area contributed by atoms with Crippen molar-refractivity contribution in [2.45, 2.75) is 32.9 Å². The maximum Gasteiger partial charge on any atom is 0.317 e. The molecule has 0 aliphatic carbocycles. The summed E-state index contributed by atoms with van der Waals surface area (Å²) in [5.74, 6) is -0.196.